The molecule has 0 N–H and O–H groups in total. The number of ether oxygens (including phenoxy) is 1. The Labute approximate surface area is 176 Å². The molecule has 2 aromatic carbocycles. The van der Waals surface area contributed by atoms with Gasteiger partial charge in [0.25, 0.3) is 0 Å². The first kappa shape index (κ1) is 19.3. The van der Waals surface area contributed by atoms with Crippen LogP contribution in [0.15, 0.2) is 53.5 Å². The Bertz CT molecular complexity index is 1210. The maximum absolute atomic E-state index is 12.2. The zero-order valence-electron chi connectivity index (χ0n) is 16.5. The van der Waals surface area contributed by atoms with Gasteiger partial charge in [0, 0.05) is 15.6 Å². The van der Waals surface area contributed by atoms with E-state index in [-0.39, 0.29) is 5.54 Å². The molecule has 8 heteroatoms. The highest BCUT2D eigenvalue weighted by Crippen LogP contribution is 2.35. The molecule has 7 nitrogen and oxygen atoms in total. The molecule has 0 aliphatic carbocycles. The molecule has 0 saturated heterocycles. The van der Waals surface area contributed by atoms with Crippen molar-refractivity contribution in [1.29, 1.82) is 0 Å². The highest BCUT2D eigenvalue weighted by atomic mass is 79.9. The van der Waals surface area contributed by atoms with Crippen LogP contribution < -0.4 is 0 Å². The number of rotatable bonds is 3. The third kappa shape index (κ3) is 3.44. The van der Waals surface area contributed by atoms with Crippen LogP contribution >= 0.6 is 15.9 Å². The van der Waals surface area contributed by atoms with Crippen LogP contribution in [0.25, 0.3) is 28.1 Å². The zero-order valence-corrected chi connectivity index (χ0v) is 18.1. The van der Waals surface area contributed by atoms with Crippen LogP contribution in [0, 0.1) is 0 Å². The van der Waals surface area contributed by atoms with Gasteiger partial charge in [0.15, 0.2) is 0 Å². The van der Waals surface area contributed by atoms with Crippen LogP contribution in [0.4, 0.5) is 0 Å². The number of imidazole rings is 1. The van der Waals surface area contributed by atoms with E-state index in [9.17, 15) is 4.79 Å². The minimum Gasteiger partial charge on any atom is -0.465 e. The van der Waals surface area contributed by atoms with Gasteiger partial charge in [-0.05, 0) is 57.2 Å². The number of hydrogen-bond acceptors (Lipinski definition) is 5. The normalized spacial score (nSPS) is 11.8. The largest absolute Gasteiger partial charge is 0.465 e. The number of fused-ring (bicyclic) bond motifs is 1. The smallest absolute Gasteiger partial charge is 0.337 e. The summed E-state index contributed by atoms with van der Waals surface area (Å²) >= 11 is 3.53. The average Bonchev–Trinajstić information content (AvgIpc) is 3.33. The van der Waals surface area contributed by atoms with Gasteiger partial charge in [-0.2, -0.15) is 5.10 Å². The highest BCUT2D eigenvalue weighted by molar-refractivity contribution is 9.10. The van der Waals surface area contributed by atoms with Gasteiger partial charge >= 0.3 is 5.97 Å². The van der Waals surface area contributed by atoms with Crippen molar-refractivity contribution in [3.05, 3.63) is 59.1 Å². The molecule has 29 heavy (non-hydrogen) atoms. The molecule has 0 aliphatic rings. The maximum atomic E-state index is 12.2. The summed E-state index contributed by atoms with van der Waals surface area (Å²) in [6, 6.07) is 11.4. The number of methoxy groups -OCH3 is 1. The lowest BCUT2D eigenvalue weighted by Gasteiger charge is -2.25. The van der Waals surface area contributed by atoms with E-state index in [1.54, 1.807) is 23.1 Å². The number of esters is 1. The second kappa shape index (κ2) is 7.11. The quantitative estimate of drug-likeness (QED) is 0.424. The monoisotopic (exact) mass is 453 g/mol. The first-order valence-corrected chi connectivity index (χ1v) is 9.85. The number of carbonyl (C=O) groups excluding carboxylic acids is 1. The van der Waals surface area contributed by atoms with Crippen molar-refractivity contribution in [1.82, 2.24) is 24.3 Å². The second-order valence-electron chi connectivity index (χ2n) is 7.64. The molecule has 0 fully saturated rings. The fourth-order valence-electron chi connectivity index (χ4n) is 3.41. The summed E-state index contributed by atoms with van der Waals surface area (Å²) in [7, 11) is 1.37. The Hall–Kier alpha value is -3.00. The van der Waals surface area contributed by atoms with E-state index in [1.165, 1.54) is 13.4 Å². The van der Waals surface area contributed by atoms with Gasteiger partial charge in [-0.3, -0.25) is 0 Å². The fourth-order valence-corrected chi connectivity index (χ4v) is 3.75. The van der Waals surface area contributed by atoms with Crippen LogP contribution in [0.1, 0.15) is 31.1 Å². The van der Waals surface area contributed by atoms with Crippen molar-refractivity contribution in [3.8, 4) is 17.1 Å². The first-order chi connectivity index (χ1) is 13.8. The molecule has 0 unspecified atom stereocenters. The number of hydrogen-bond donors (Lipinski definition) is 0. The van der Waals surface area contributed by atoms with Crippen LogP contribution in [0.5, 0.6) is 0 Å². The first-order valence-electron chi connectivity index (χ1n) is 9.06. The van der Waals surface area contributed by atoms with Gasteiger partial charge in [0.2, 0.25) is 0 Å². The summed E-state index contributed by atoms with van der Waals surface area (Å²) in [4.78, 5) is 21.2. The van der Waals surface area contributed by atoms with E-state index in [1.807, 2.05) is 24.3 Å². The Kier molecular flexibility index (Phi) is 4.74. The summed E-state index contributed by atoms with van der Waals surface area (Å²) < 4.78 is 9.71. The molecule has 4 rings (SSSR count). The number of carbonyl (C=O) groups is 1. The SMILES string of the molecule is COC(=O)c1ccc(-n2cncn2)c(-c2nc3cc(Br)ccc3n2C(C)(C)C)c1. The summed E-state index contributed by atoms with van der Waals surface area (Å²) in [6.07, 6.45) is 3.10. The van der Waals surface area contributed by atoms with Gasteiger partial charge in [-0.15, -0.1) is 0 Å². The third-order valence-corrected chi connectivity index (χ3v) is 5.10. The van der Waals surface area contributed by atoms with Crippen LogP contribution in [0.3, 0.4) is 0 Å². The summed E-state index contributed by atoms with van der Waals surface area (Å²) in [6.45, 7) is 6.37. The molecule has 0 amide bonds. The lowest BCUT2D eigenvalue weighted by Crippen LogP contribution is -2.23. The average molecular weight is 454 g/mol. The van der Waals surface area contributed by atoms with E-state index in [0.29, 0.717) is 5.56 Å². The molecular weight excluding hydrogens is 434 g/mol. The minimum absolute atomic E-state index is 0.251. The summed E-state index contributed by atoms with van der Waals surface area (Å²) in [5, 5.41) is 4.27. The van der Waals surface area contributed by atoms with Crippen molar-refractivity contribution >= 4 is 32.9 Å². The Morgan fingerprint density at radius 1 is 1.14 bits per heavy atom. The highest BCUT2D eigenvalue weighted by Gasteiger charge is 2.25. The Morgan fingerprint density at radius 3 is 2.59 bits per heavy atom. The second-order valence-corrected chi connectivity index (χ2v) is 8.55. The Balaban J connectivity index is 2.08. The van der Waals surface area contributed by atoms with E-state index in [4.69, 9.17) is 9.72 Å². The molecular formula is C21H20BrN5O2. The van der Waals surface area contributed by atoms with E-state index >= 15 is 0 Å². The predicted molar refractivity (Wildman–Crippen MR) is 114 cm³/mol. The summed E-state index contributed by atoms with van der Waals surface area (Å²) in [5.74, 6) is 0.333. The van der Waals surface area contributed by atoms with Crippen LogP contribution in [-0.2, 0) is 10.3 Å². The third-order valence-electron chi connectivity index (χ3n) is 4.61. The van der Waals surface area contributed by atoms with Crippen LogP contribution in [0.2, 0.25) is 0 Å². The van der Waals surface area contributed by atoms with E-state index in [2.05, 4.69) is 51.4 Å². The fraction of sp³-hybridized carbons (Fsp3) is 0.238. The molecule has 148 valence electrons. The lowest BCUT2D eigenvalue weighted by molar-refractivity contribution is 0.0601. The standard InChI is InChI=1S/C21H20BrN5O2/c1-21(2,3)27-18-8-6-14(22)10-16(18)25-19(27)15-9-13(20(28)29-4)5-7-17(15)26-12-23-11-24-26/h5-12H,1-4H3. The van der Waals surface area contributed by atoms with Gasteiger partial charge in [-0.25, -0.2) is 19.4 Å². The molecule has 4 aromatic rings. The number of halogens is 1. The van der Waals surface area contributed by atoms with Gasteiger partial charge < -0.3 is 9.30 Å². The van der Waals surface area contributed by atoms with Gasteiger partial charge in [-0.1, -0.05) is 15.9 Å². The van der Waals surface area contributed by atoms with Gasteiger partial charge in [0.1, 0.15) is 18.5 Å². The van der Waals surface area contributed by atoms with Crippen molar-refractivity contribution in [2.45, 2.75) is 26.3 Å². The number of aromatic nitrogens is 5. The predicted octanol–water partition coefficient (Wildman–Crippen LogP) is 4.59. The molecule has 0 radical (unpaired) electrons. The minimum atomic E-state index is -0.405. The van der Waals surface area contributed by atoms with Gasteiger partial charge in [0.05, 0.1) is 29.4 Å². The van der Waals surface area contributed by atoms with Crippen LogP contribution in [-0.4, -0.2) is 37.4 Å². The van der Waals surface area contributed by atoms with Crippen molar-refractivity contribution in [2.24, 2.45) is 0 Å². The molecule has 0 bridgehead atoms. The van der Waals surface area contributed by atoms with Crippen molar-refractivity contribution < 1.29 is 9.53 Å². The molecule has 0 spiro atoms. The number of benzene rings is 2. The van der Waals surface area contributed by atoms with Crippen molar-refractivity contribution in [2.75, 3.05) is 7.11 Å². The topological polar surface area (TPSA) is 74.8 Å². The molecule has 0 saturated carbocycles. The molecule has 2 aromatic heterocycles. The molecule has 0 aliphatic heterocycles. The van der Waals surface area contributed by atoms with Crippen molar-refractivity contribution in [3.63, 3.8) is 0 Å². The maximum Gasteiger partial charge on any atom is 0.337 e. The van der Waals surface area contributed by atoms with E-state index < -0.39 is 5.97 Å². The molecule has 2 heterocycles. The lowest BCUT2D eigenvalue weighted by atomic mass is 10.0. The zero-order chi connectivity index (χ0) is 20.8. The number of nitrogens with zero attached hydrogens (tertiary/aromatic N) is 5. The van der Waals surface area contributed by atoms with E-state index in [0.717, 1.165) is 32.6 Å². The summed E-state index contributed by atoms with van der Waals surface area (Å²) in [5.41, 5.74) is 3.59. The Morgan fingerprint density at radius 2 is 1.93 bits per heavy atom. The molecule has 0 atom stereocenters.